The Morgan fingerprint density at radius 1 is 1.54 bits per heavy atom. The molecule has 0 saturated carbocycles. The molecule has 0 aromatic heterocycles. The van der Waals surface area contributed by atoms with Crippen LogP contribution in [0.5, 0.6) is 0 Å². The zero-order chi connectivity index (χ0) is 9.84. The maximum Gasteiger partial charge on any atom is 0.239 e. The van der Waals surface area contributed by atoms with Crippen LogP contribution in [0.25, 0.3) is 0 Å². The van der Waals surface area contributed by atoms with Crippen LogP contribution in [0.3, 0.4) is 0 Å². The van der Waals surface area contributed by atoms with Gasteiger partial charge in [0.15, 0.2) is 0 Å². The molecular formula is C9H18N2O2. The molecule has 4 nitrogen and oxygen atoms in total. The Balaban J connectivity index is 2.36. The molecule has 1 atom stereocenters. The van der Waals surface area contributed by atoms with Crippen molar-refractivity contribution in [3.63, 3.8) is 0 Å². The van der Waals surface area contributed by atoms with Crippen molar-refractivity contribution in [2.24, 2.45) is 5.73 Å². The Labute approximate surface area is 79.0 Å². The summed E-state index contributed by atoms with van der Waals surface area (Å²) in [6.07, 6.45) is 2.17. The molecule has 1 heterocycles. The highest BCUT2D eigenvalue weighted by molar-refractivity contribution is 5.81. The van der Waals surface area contributed by atoms with E-state index in [1.807, 2.05) is 4.90 Å². The Morgan fingerprint density at radius 3 is 2.46 bits per heavy atom. The van der Waals surface area contributed by atoms with E-state index in [2.05, 4.69) is 0 Å². The smallest absolute Gasteiger partial charge is 0.239 e. The van der Waals surface area contributed by atoms with Gasteiger partial charge in [0.1, 0.15) is 0 Å². The number of rotatable bonds is 2. The lowest BCUT2D eigenvalue weighted by Gasteiger charge is -2.32. The van der Waals surface area contributed by atoms with Crippen LogP contribution < -0.4 is 5.73 Å². The van der Waals surface area contributed by atoms with Gasteiger partial charge in [-0.2, -0.15) is 0 Å². The number of likely N-dealkylation sites (tertiary alicyclic amines) is 1. The molecule has 1 fully saturated rings. The van der Waals surface area contributed by atoms with Crippen molar-refractivity contribution in [1.29, 1.82) is 0 Å². The monoisotopic (exact) mass is 186 g/mol. The average Bonchev–Trinajstić information content (AvgIpc) is 2.17. The molecule has 0 aromatic carbocycles. The summed E-state index contributed by atoms with van der Waals surface area (Å²) >= 11 is 0. The molecule has 13 heavy (non-hydrogen) atoms. The molecule has 0 spiro atoms. The number of methoxy groups -OCH3 is 1. The molecule has 1 amide bonds. The van der Waals surface area contributed by atoms with E-state index in [1.54, 1.807) is 14.0 Å². The highest BCUT2D eigenvalue weighted by Gasteiger charge is 2.23. The zero-order valence-corrected chi connectivity index (χ0v) is 8.32. The van der Waals surface area contributed by atoms with Crippen molar-refractivity contribution in [3.8, 4) is 0 Å². The Hall–Kier alpha value is -0.610. The average molecular weight is 186 g/mol. The SMILES string of the molecule is COC1CCN(C(=O)C(C)N)CC1. The van der Waals surface area contributed by atoms with Crippen LogP contribution >= 0.6 is 0 Å². The maximum absolute atomic E-state index is 11.5. The Morgan fingerprint density at radius 2 is 2.08 bits per heavy atom. The van der Waals surface area contributed by atoms with Gasteiger partial charge in [-0.1, -0.05) is 0 Å². The first-order valence-electron chi connectivity index (χ1n) is 4.72. The molecule has 1 aliphatic rings. The van der Waals surface area contributed by atoms with Crippen LogP contribution in [-0.4, -0.2) is 43.2 Å². The molecule has 1 saturated heterocycles. The van der Waals surface area contributed by atoms with Gasteiger partial charge in [-0.15, -0.1) is 0 Å². The highest BCUT2D eigenvalue weighted by atomic mass is 16.5. The minimum Gasteiger partial charge on any atom is -0.381 e. The molecule has 4 heteroatoms. The summed E-state index contributed by atoms with van der Waals surface area (Å²) in [4.78, 5) is 13.3. The number of carbonyl (C=O) groups is 1. The number of nitrogens with zero attached hydrogens (tertiary/aromatic N) is 1. The fourth-order valence-electron chi connectivity index (χ4n) is 1.60. The van der Waals surface area contributed by atoms with Gasteiger partial charge >= 0.3 is 0 Å². The first-order valence-corrected chi connectivity index (χ1v) is 4.72. The van der Waals surface area contributed by atoms with E-state index in [0.717, 1.165) is 25.9 Å². The van der Waals surface area contributed by atoms with Gasteiger partial charge in [0, 0.05) is 20.2 Å². The van der Waals surface area contributed by atoms with Crippen molar-refractivity contribution in [2.45, 2.75) is 31.9 Å². The second kappa shape index (κ2) is 4.58. The number of piperidine rings is 1. The van der Waals surface area contributed by atoms with Gasteiger partial charge < -0.3 is 15.4 Å². The lowest BCUT2D eigenvalue weighted by molar-refractivity contribution is -0.134. The van der Waals surface area contributed by atoms with Crippen LogP contribution in [0, 0.1) is 0 Å². The van der Waals surface area contributed by atoms with Crippen molar-refractivity contribution >= 4 is 5.91 Å². The third-order valence-corrected chi connectivity index (χ3v) is 2.48. The van der Waals surface area contributed by atoms with Gasteiger partial charge in [0.25, 0.3) is 0 Å². The van der Waals surface area contributed by atoms with Gasteiger partial charge in [-0.3, -0.25) is 4.79 Å². The summed E-state index contributed by atoms with van der Waals surface area (Å²) in [5.74, 6) is 0.0505. The molecule has 0 radical (unpaired) electrons. The van der Waals surface area contributed by atoms with Gasteiger partial charge in [-0.05, 0) is 19.8 Å². The molecule has 1 unspecified atom stereocenters. The minimum absolute atomic E-state index is 0.0505. The number of amides is 1. The van der Waals surface area contributed by atoms with Crippen molar-refractivity contribution in [1.82, 2.24) is 4.90 Å². The molecule has 0 bridgehead atoms. The standard InChI is InChI=1S/C9H18N2O2/c1-7(10)9(12)11-5-3-8(13-2)4-6-11/h7-8H,3-6,10H2,1-2H3. The number of carbonyl (C=O) groups excluding carboxylic acids is 1. The Kier molecular flexibility index (Phi) is 3.69. The van der Waals surface area contributed by atoms with Gasteiger partial charge in [0.05, 0.1) is 12.1 Å². The van der Waals surface area contributed by atoms with Crippen LogP contribution in [0.4, 0.5) is 0 Å². The molecule has 0 aromatic rings. The van der Waals surface area contributed by atoms with E-state index in [9.17, 15) is 4.79 Å². The third-order valence-electron chi connectivity index (χ3n) is 2.48. The van der Waals surface area contributed by atoms with E-state index in [4.69, 9.17) is 10.5 Å². The van der Waals surface area contributed by atoms with E-state index < -0.39 is 0 Å². The summed E-state index contributed by atoms with van der Waals surface area (Å²) < 4.78 is 5.21. The molecule has 1 aliphatic heterocycles. The summed E-state index contributed by atoms with van der Waals surface area (Å²) in [7, 11) is 1.72. The predicted octanol–water partition coefficient (Wildman–Crippen LogP) is -0.0290. The number of hydrogen-bond donors (Lipinski definition) is 1. The largest absolute Gasteiger partial charge is 0.381 e. The second-order valence-electron chi connectivity index (χ2n) is 3.55. The van der Waals surface area contributed by atoms with Crippen LogP contribution in [0.2, 0.25) is 0 Å². The van der Waals surface area contributed by atoms with Crippen molar-refractivity contribution in [3.05, 3.63) is 0 Å². The topological polar surface area (TPSA) is 55.6 Å². The number of nitrogens with two attached hydrogens (primary N) is 1. The predicted molar refractivity (Wildman–Crippen MR) is 50.3 cm³/mol. The highest BCUT2D eigenvalue weighted by Crippen LogP contribution is 2.13. The van der Waals surface area contributed by atoms with E-state index in [0.29, 0.717) is 6.10 Å². The fourth-order valence-corrected chi connectivity index (χ4v) is 1.60. The zero-order valence-electron chi connectivity index (χ0n) is 8.32. The van der Waals surface area contributed by atoms with Crippen molar-refractivity contribution in [2.75, 3.05) is 20.2 Å². The summed E-state index contributed by atoms with van der Waals surface area (Å²) in [6, 6.07) is -0.376. The van der Waals surface area contributed by atoms with E-state index >= 15 is 0 Å². The fraction of sp³-hybridized carbons (Fsp3) is 0.889. The van der Waals surface area contributed by atoms with Gasteiger partial charge in [0.2, 0.25) is 5.91 Å². The lowest BCUT2D eigenvalue weighted by atomic mass is 10.1. The molecule has 76 valence electrons. The van der Waals surface area contributed by atoms with Crippen LogP contribution in [-0.2, 0) is 9.53 Å². The minimum atomic E-state index is -0.376. The third kappa shape index (κ3) is 2.67. The summed E-state index contributed by atoms with van der Waals surface area (Å²) in [5.41, 5.74) is 5.51. The Bertz CT molecular complexity index is 174. The first-order chi connectivity index (χ1) is 6.15. The first kappa shape index (κ1) is 10.5. The quantitative estimate of drug-likeness (QED) is 0.659. The second-order valence-corrected chi connectivity index (χ2v) is 3.55. The maximum atomic E-state index is 11.5. The number of ether oxygens (including phenoxy) is 1. The van der Waals surface area contributed by atoms with E-state index in [-0.39, 0.29) is 11.9 Å². The summed E-state index contributed by atoms with van der Waals surface area (Å²) in [5, 5.41) is 0. The van der Waals surface area contributed by atoms with Crippen LogP contribution in [0.1, 0.15) is 19.8 Å². The normalized spacial score (nSPS) is 21.6. The van der Waals surface area contributed by atoms with Gasteiger partial charge in [-0.25, -0.2) is 0 Å². The summed E-state index contributed by atoms with van der Waals surface area (Å²) in [6.45, 7) is 3.28. The lowest BCUT2D eigenvalue weighted by Crippen LogP contribution is -2.47. The van der Waals surface area contributed by atoms with E-state index in [1.165, 1.54) is 0 Å². The van der Waals surface area contributed by atoms with Crippen LogP contribution in [0.15, 0.2) is 0 Å². The molecule has 1 rings (SSSR count). The molecule has 2 N–H and O–H groups in total. The molecular weight excluding hydrogens is 168 g/mol. The molecule has 0 aliphatic carbocycles. The number of hydrogen-bond acceptors (Lipinski definition) is 3. The van der Waals surface area contributed by atoms with Crippen molar-refractivity contribution < 1.29 is 9.53 Å².